The summed E-state index contributed by atoms with van der Waals surface area (Å²) in [5.74, 6) is 1.19. The number of nitrogens with one attached hydrogen (secondary N) is 1. The van der Waals surface area contributed by atoms with Gasteiger partial charge in [0, 0.05) is 24.6 Å². The lowest BCUT2D eigenvalue weighted by atomic mass is 9.93. The molecule has 0 aliphatic heterocycles. The Morgan fingerprint density at radius 3 is 3.40 bits per heavy atom. The van der Waals surface area contributed by atoms with E-state index >= 15 is 0 Å². The van der Waals surface area contributed by atoms with Crippen LogP contribution in [0, 0.1) is 17.2 Å². The molecule has 0 radical (unpaired) electrons. The summed E-state index contributed by atoms with van der Waals surface area (Å²) in [5, 5.41) is 12.1. The fourth-order valence-corrected chi connectivity index (χ4v) is 2.06. The highest BCUT2D eigenvalue weighted by Gasteiger charge is 2.22. The summed E-state index contributed by atoms with van der Waals surface area (Å²) in [7, 11) is 0. The number of hydrogen-bond donors (Lipinski definition) is 1. The number of nitriles is 1. The topological polar surface area (TPSA) is 49.0 Å². The van der Waals surface area contributed by atoms with E-state index < -0.39 is 0 Å². The number of nitrogens with zero attached hydrogens (tertiary/aromatic N) is 1. The molecule has 15 heavy (non-hydrogen) atoms. The van der Waals surface area contributed by atoms with Crippen molar-refractivity contribution < 1.29 is 4.42 Å². The van der Waals surface area contributed by atoms with E-state index in [-0.39, 0.29) is 5.92 Å². The van der Waals surface area contributed by atoms with Crippen molar-refractivity contribution in [3.05, 3.63) is 23.7 Å². The largest absolute Gasteiger partial charge is 0.469 e. The van der Waals surface area contributed by atoms with Crippen molar-refractivity contribution in [2.75, 3.05) is 6.54 Å². The molecule has 3 heteroatoms. The van der Waals surface area contributed by atoms with Gasteiger partial charge in [-0.05, 0) is 25.8 Å². The molecule has 1 heterocycles. The highest BCUT2D eigenvalue weighted by atomic mass is 16.3. The maximum atomic E-state index is 8.71. The Bertz CT molecular complexity index is 364. The molecule has 1 aliphatic rings. The lowest BCUT2D eigenvalue weighted by molar-refractivity contribution is 0.403. The highest BCUT2D eigenvalue weighted by Crippen LogP contribution is 2.30. The molecule has 1 aliphatic carbocycles. The van der Waals surface area contributed by atoms with Crippen LogP contribution in [0.5, 0.6) is 0 Å². The van der Waals surface area contributed by atoms with Crippen LogP contribution in [0.1, 0.15) is 37.1 Å². The van der Waals surface area contributed by atoms with Gasteiger partial charge in [0.05, 0.1) is 18.3 Å². The zero-order valence-electron chi connectivity index (χ0n) is 8.99. The molecule has 2 unspecified atom stereocenters. The molecule has 0 fully saturated rings. The minimum Gasteiger partial charge on any atom is -0.469 e. The van der Waals surface area contributed by atoms with Gasteiger partial charge in [0.15, 0.2) is 0 Å². The first kappa shape index (κ1) is 10.3. The molecular weight excluding hydrogens is 188 g/mol. The Morgan fingerprint density at radius 2 is 2.60 bits per heavy atom. The molecule has 2 atom stereocenters. The first-order chi connectivity index (χ1) is 7.31. The quantitative estimate of drug-likeness (QED) is 0.822. The third kappa shape index (κ3) is 2.21. The Hall–Kier alpha value is -1.27. The van der Waals surface area contributed by atoms with Crippen LogP contribution in [0.15, 0.2) is 16.7 Å². The van der Waals surface area contributed by atoms with Crippen LogP contribution in [0.3, 0.4) is 0 Å². The Morgan fingerprint density at radius 1 is 1.73 bits per heavy atom. The van der Waals surface area contributed by atoms with E-state index in [2.05, 4.69) is 11.4 Å². The Labute approximate surface area is 90.1 Å². The summed E-state index contributed by atoms with van der Waals surface area (Å²) in [6.07, 6.45) is 5.12. The molecule has 3 nitrogen and oxygen atoms in total. The van der Waals surface area contributed by atoms with Gasteiger partial charge in [-0.25, -0.2) is 0 Å². The van der Waals surface area contributed by atoms with Crippen molar-refractivity contribution in [3.63, 3.8) is 0 Å². The fraction of sp³-hybridized carbons (Fsp3) is 0.583. The third-order valence-electron chi connectivity index (χ3n) is 2.94. The maximum Gasteiger partial charge on any atom is 0.108 e. The van der Waals surface area contributed by atoms with Gasteiger partial charge in [0.25, 0.3) is 0 Å². The molecule has 80 valence electrons. The molecule has 0 amide bonds. The first-order valence-electron chi connectivity index (χ1n) is 5.50. The lowest BCUT2D eigenvalue weighted by Crippen LogP contribution is -2.28. The summed E-state index contributed by atoms with van der Waals surface area (Å²) in [6.45, 7) is 2.69. The van der Waals surface area contributed by atoms with Gasteiger partial charge in [-0.2, -0.15) is 5.26 Å². The van der Waals surface area contributed by atoms with Crippen molar-refractivity contribution in [2.24, 2.45) is 5.92 Å². The van der Waals surface area contributed by atoms with Gasteiger partial charge in [-0.3, -0.25) is 0 Å². The molecular formula is C12H16N2O. The molecule has 0 saturated heterocycles. The smallest absolute Gasteiger partial charge is 0.108 e. The summed E-state index contributed by atoms with van der Waals surface area (Å²) < 4.78 is 5.41. The molecule has 1 aromatic rings. The Balaban J connectivity index is 1.98. The molecule has 0 spiro atoms. The summed E-state index contributed by atoms with van der Waals surface area (Å²) in [5.41, 5.74) is 1.28. The second kappa shape index (κ2) is 4.50. The molecule has 0 aromatic carbocycles. The average molecular weight is 204 g/mol. The van der Waals surface area contributed by atoms with Crippen LogP contribution >= 0.6 is 0 Å². The predicted molar refractivity (Wildman–Crippen MR) is 57.2 cm³/mol. The second-order valence-corrected chi connectivity index (χ2v) is 4.18. The number of furan rings is 1. The van der Waals surface area contributed by atoms with E-state index in [0.717, 1.165) is 25.1 Å². The zero-order chi connectivity index (χ0) is 10.7. The minimum atomic E-state index is 0.0716. The SMILES string of the molecule is CC(C#N)CNC1CCCc2occc21. The number of fused-ring (bicyclic) bond motifs is 1. The third-order valence-corrected chi connectivity index (χ3v) is 2.94. The molecule has 1 N–H and O–H groups in total. The van der Waals surface area contributed by atoms with Crippen molar-refractivity contribution in [3.8, 4) is 6.07 Å². The van der Waals surface area contributed by atoms with Crippen molar-refractivity contribution >= 4 is 0 Å². The van der Waals surface area contributed by atoms with Gasteiger partial charge in [-0.15, -0.1) is 0 Å². The van der Waals surface area contributed by atoms with Crippen LogP contribution in [0.4, 0.5) is 0 Å². The lowest BCUT2D eigenvalue weighted by Gasteiger charge is -2.23. The van der Waals surface area contributed by atoms with Crippen LogP contribution in [0.25, 0.3) is 0 Å². The first-order valence-corrected chi connectivity index (χ1v) is 5.50. The standard InChI is InChI=1S/C12H16N2O/c1-9(7-13)8-14-11-3-2-4-12-10(11)5-6-15-12/h5-6,9,11,14H,2-4,8H2,1H3. The summed E-state index contributed by atoms with van der Waals surface area (Å²) >= 11 is 0. The van der Waals surface area contributed by atoms with Crippen molar-refractivity contribution in [1.82, 2.24) is 5.32 Å². The van der Waals surface area contributed by atoms with Crippen LogP contribution in [0.2, 0.25) is 0 Å². The summed E-state index contributed by atoms with van der Waals surface area (Å²) in [4.78, 5) is 0. The Kier molecular flexibility index (Phi) is 3.08. The van der Waals surface area contributed by atoms with E-state index in [1.165, 1.54) is 12.0 Å². The van der Waals surface area contributed by atoms with Crippen molar-refractivity contribution in [2.45, 2.75) is 32.2 Å². The van der Waals surface area contributed by atoms with E-state index in [1.807, 2.05) is 13.0 Å². The van der Waals surface area contributed by atoms with E-state index in [9.17, 15) is 0 Å². The predicted octanol–water partition coefficient (Wildman–Crippen LogP) is 2.41. The normalized spacial score (nSPS) is 21.7. The van der Waals surface area contributed by atoms with Crippen LogP contribution in [-0.2, 0) is 6.42 Å². The molecule has 1 aromatic heterocycles. The maximum absolute atomic E-state index is 8.71. The fourth-order valence-electron chi connectivity index (χ4n) is 2.06. The average Bonchev–Trinajstić information content (AvgIpc) is 2.74. The van der Waals surface area contributed by atoms with Crippen LogP contribution < -0.4 is 5.32 Å². The van der Waals surface area contributed by atoms with Gasteiger partial charge < -0.3 is 9.73 Å². The zero-order valence-corrected chi connectivity index (χ0v) is 8.99. The summed E-state index contributed by atoms with van der Waals surface area (Å²) in [6, 6.07) is 4.66. The molecule has 0 saturated carbocycles. The van der Waals surface area contributed by atoms with Crippen LogP contribution in [-0.4, -0.2) is 6.54 Å². The van der Waals surface area contributed by atoms with Gasteiger partial charge in [0.1, 0.15) is 5.76 Å². The van der Waals surface area contributed by atoms with Gasteiger partial charge in [-0.1, -0.05) is 0 Å². The number of aryl methyl sites for hydroxylation is 1. The van der Waals surface area contributed by atoms with E-state index in [0.29, 0.717) is 6.04 Å². The minimum absolute atomic E-state index is 0.0716. The van der Waals surface area contributed by atoms with Crippen molar-refractivity contribution in [1.29, 1.82) is 5.26 Å². The number of hydrogen-bond acceptors (Lipinski definition) is 3. The van der Waals surface area contributed by atoms with E-state index in [1.54, 1.807) is 6.26 Å². The monoisotopic (exact) mass is 204 g/mol. The highest BCUT2D eigenvalue weighted by molar-refractivity contribution is 5.24. The molecule has 2 rings (SSSR count). The second-order valence-electron chi connectivity index (χ2n) is 4.18. The number of rotatable bonds is 3. The van der Waals surface area contributed by atoms with Gasteiger partial charge in [0.2, 0.25) is 0 Å². The van der Waals surface area contributed by atoms with Gasteiger partial charge >= 0.3 is 0 Å². The van der Waals surface area contributed by atoms with E-state index in [4.69, 9.17) is 9.68 Å². The molecule has 0 bridgehead atoms.